The van der Waals surface area contributed by atoms with Crippen LogP contribution in [0.25, 0.3) is 0 Å². The predicted molar refractivity (Wildman–Crippen MR) is 83.7 cm³/mol. The topological polar surface area (TPSA) is 47.6 Å². The van der Waals surface area contributed by atoms with Crippen LogP contribution in [0, 0.1) is 0 Å². The third kappa shape index (κ3) is 3.76. The Morgan fingerprint density at radius 1 is 1.38 bits per heavy atom. The Labute approximate surface area is 126 Å². The van der Waals surface area contributed by atoms with E-state index in [1.165, 1.54) is 0 Å². The third-order valence-electron chi connectivity index (χ3n) is 3.79. The molecule has 0 spiro atoms. The lowest BCUT2D eigenvalue weighted by Crippen LogP contribution is -2.38. The molecule has 0 saturated carbocycles. The maximum atomic E-state index is 11.8. The van der Waals surface area contributed by atoms with Gasteiger partial charge in [0, 0.05) is 5.69 Å². The van der Waals surface area contributed by atoms with Crippen molar-refractivity contribution in [2.24, 2.45) is 0 Å². The van der Waals surface area contributed by atoms with Crippen LogP contribution in [0.1, 0.15) is 51.4 Å². The Bertz CT molecular complexity index is 523. The quantitative estimate of drug-likeness (QED) is 0.861. The number of ether oxygens (including phenoxy) is 2. The number of esters is 1. The third-order valence-corrected chi connectivity index (χ3v) is 3.79. The lowest BCUT2D eigenvalue weighted by atomic mass is 9.94. The van der Waals surface area contributed by atoms with Gasteiger partial charge in [0.05, 0.1) is 29.4 Å². The van der Waals surface area contributed by atoms with Crippen molar-refractivity contribution in [3.05, 3.63) is 29.8 Å². The summed E-state index contributed by atoms with van der Waals surface area (Å²) in [6.07, 6.45) is 0.920. The number of benzene rings is 1. The Balaban J connectivity index is 2.13. The molecule has 4 heteroatoms. The average Bonchev–Trinajstić information content (AvgIpc) is 2.57. The molecule has 1 fully saturated rings. The minimum Gasteiger partial charge on any atom is -0.462 e. The van der Waals surface area contributed by atoms with E-state index in [1.54, 1.807) is 13.0 Å². The first-order chi connectivity index (χ1) is 9.73. The summed E-state index contributed by atoms with van der Waals surface area (Å²) in [7, 11) is 0. The summed E-state index contributed by atoms with van der Waals surface area (Å²) in [6.45, 7) is 10.6. The van der Waals surface area contributed by atoms with Gasteiger partial charge in [0.25, 0.3) is 0 Å². The van der Waals surface area contributed by atoms with E-state index in [2.05, 4.69) is 33.0 Å². The Morgan fingerprint density at radius 2 is 2.10 bits per heavy atom. The van der Waals surface area contributed by atoms with Crippen LogP contribution < -0.4 is 5.32 Å². The second kappa shape index (κ2) is 5.68. The number of hydrogen-bond donors (Lipinski definition) is 1. The first-order valence-corrected chi connectivity index (χ1v) is 7.47. The number of nitrogens with one attached hydrogen (secondary N) is 1. The first kappa shape index (κ1) is 15.8. The molecular formula is C17H25NO3. The highest BCUT2D eigenvalue weighted by Gasteiger charge is 2.45. The molecule has 1 aromatic carbocycles. The van der Waals surface area contributed by atoms with Crippen molar-refractivity contribution in [3.63, 3.8) is 0 Å². The molecule has 2 rings (SSSR count). The highest BCUT2D eigenvalue weighted by Crippen LogP contribution is 2.38. The zero-order valence-corrected chi connectivity index (χ0v) is 13.5. The summed E-state index contributed by atoms with van der Waals surface area (Å²) in [6, 6.07) is 7.63. The molecule has 1 heterocycles. The number of carbonyl (C=O) groups is 1. The molecule has 1 aliphatic rings. The molecule has 1 aliphatic heterocycles. The Morgan fingerprint density at radius 3 is 2.67 bits per heavy atom. The van der Waals surface area contributed by atoms with E-state index in [0.717, 1.165) is 12.1 Å². The maximum Gasteiger partial charge on any atom is 0.338 e. The van der Waals surface area contributed by atoms with E-state index >= 15 is 0 Å². The summed E-state index contributed by atoms with van der Waals surface area (Å²) in [5.41, 5.74) is 1.10. The smallest absolute Gasteiger partial charge is 0.338 e. The summed E-state index contributed by atoms with van der Waals surface area (Å²) < 4.78 is 11.1. The molecule has 0 bridgehead atoms. The fraction of sp³-hybridized carbons (Fsp3) is 0.588. The van der Waals surface area contributed by atoms with Gasteiger partial charge in [-0.1, -0.05) is 6.07 Å². The summed E-state index contributed by atoms with van der Waals surface area (Å²) >= 11 is 0. The minimum absolute atomic E-state index is 0.139. The van der Waals surface area contributed by atoms with Gasteiger partial charge < -0.3 is 14.8 Å². The molecule has 0 amide bonds. The van der Waals surface area contributed by atoms with Crippen LogP contribution in [0.15, 0.2) is 24.3 Å². The van der Waals surface area contributed by atoms with Crippen LogP contribution >= 0.6 is 0 Å². The molecule has 1 atom stereocenters. The summed E-state index contributed by atoms with van der Waals surface area (Å²) in [4.78, 5) is 11.8. The molecule has 21 heavy (non-hydrogen) atoms. The van der Waals surface area contributed by atoms with Crippen molar-refractivity contribution in [1.82, 2.24) is 0 Å². The van der Waals surface area contributed by atoms with Crippen LogP contribution in [-0.2, 0) is 9.47 Å². The van der Waals surface area contributed by atoms with E-state index in [1.807, 2.05) is 18.2 Å². The van der Waals surface area contributed by atoms with Crippen molar-refractivity contribution < 1.29 is 14.3 Å². The first-order valence-electron chi connectivity index (χ1n) is 7.47. The van der Waals surface area contributed by atoms with Gasteiger partial charge in [0.15, 0.2) is 0 Å². The van der Waals surface area contributed by atoms with Gasteiger partial charge in [-0.3, -0.25) is 0 Å². The van der Waals surface area contributed by atoms with E-state index in [0.29, 0.717) is 12.2 Å². The number of anilines is 1. The highest BCUT2D eigenvalue weighted by molar-refractivity contribution is 5.90. The van der Waals surface area contributed by atoms with Gasteiger partial charge in [0.1, 0.15) is 0 Å². The van der Waals surface area contributed by atoms with Crippen LogP contribution in [0.4, 0.5) is 5.69 Å². The van der Waals surface area contributed by atoms with Crippen LogP contribution in [-0.4, -0.2) is 29.8 Å². The second-order valence-electron chi connectivity index (χ2n) is 6.67. The van der Waals surface area contributed by atoms with Gasteiger partial charge in [-0.2, -0.15) is 0 Å². The molecule has 1 N–H and O–H groups in total. The van der Waals surface area contributed by atoms with E-state index in [-0.39, 0.29) is 23.2 Å². The highest BCUT2D eigenvalue weighted by atomic mass is 16.5. The van der Waals surface area contributed by atoms with Gasteiger partial charge in [-0.05, 0) is 59.2 Å². The molecule has 1 unspecified atom stereocenters. The van der Waals surface area contributed by atoms with Crippen molar-refractivity contribution >= 4 is 11.7 Å². The Kier molecular flexibility index (Phi) is 4.28. The van der Waals surface area contributed by atoms with E-state index < -0.39 is 0 Å². The Hall–Kier alpha value is -1.55. The number of hydrogen-bond acceptors (Lipinski definition) is 4. The fourth-order valence-electron chi connectivity index (χ4n) is 2.94. The summed E-state index contributed by atoms with van der Waals surface area (Å²) in [5.74, 6) is -0.289. The summed E-state index contributed by atoms with van der Waals surface area (Å²) in [5, 5.41) is 3.49. The zero-order chi connectivity index (χ0) is 15.7. The van der Waals surface area contributed by atoms with Gasteiger partial charge >= 0.3 is 5.97 Å². The largest absolute Gasteiger partial charge is 0.462 e. The monoisotopic (exact) mass is 291 g/mol. The average molecular weight is 291 g/mol. The van der Waals surface area contributed by atoms with Gasteiger partial charge in [-0.25, -0.2) is 4.79 Å². The molecule has 4 nitrogen and oxygen atoms in total. The number of carbonyl (C=O) groups excluding carboxylic acids is 1. The second-order valence-corrected chi connectivity index (χ2v) is 6.67. The molecule has 1 aromatic rings. The maximum absolute atomic E-state index is 11.8. The normalized spacial score (nSPS) is 22.8. The van der Waals surface area contributed by atoms with Gasteiger partial charge in [-0.15, -0.1) is 0 Å². The van der Waals surface area contributed by atoms with Crippen LogP contribution in [0.5, 0.6) is 0 Å². The zero-order valence-electron chi connectivity index (χ0n) is 13.5. The lowest BCUT2D eigenvalue weighted by Gasteiger charge is -2.28. The van der Waals surface area contributed by atoms with Crippen LogP contribution in [0.2, 0.25) is 0 Å². The minimum atomic E-state index is -0.289. The standard InChI is InChI=1S/C17H25NO3/c1-6-20-15(19)12-8-7-9-13(10-12)18-14-11-16(2,3)21-17(14,4)5/h7-10,14,18H,6,11H2,1-5H3. The molecule has 116 valence electrons. The molecule has 0 aliphatic carbocycles. The van der Waals surface area contributed by atoms with Crippen molar-refractivity contribution in [1.29, 1.82) is 0 Å². The van der Waals surface area contributed by atoms with Gasteiger partial charge in [0.2, 0.25) is 0 Å². The van der Waals surface area contributed by atoms with Crippen molar-refractivity contribution in [3.8, 4) is 0 Å². The van der Waals surface area contributed by atoms with E-state index in [9.17, 15) is 4.79 Å². The molecule has 0 radical (unpaired) electrons. The fourth-order valence-corrected chi connectivity index (χ4v) is 2.94. The molecule has 0 aromatic heterocycles. The number of rotatable bonds is 4. The predicted octanol–water partition coefficient (Wildman–Crippen LogP) is 3.62. The van der Waals surface area contributed by atoms with Crippen molar-refractivity contribution in [2.45, 2.75) is 58.3 Å². The van der Waals surface area contributed by atoms with Crippen molar-refractivity contribution in [2.75, 3.05) is 11.9 Å². The van der Waals surface area contributed by atoms with E-state index in [4.69, 9.17) is 9.47 Å². The van der Waals surface area contributed by atoms with Crippen LogP contribution in [0.3, 0.4) is 0 Å². The molecule has 1 saturated heterocycles. The SMILES string of the molecule is CCOC(=O)c1cccc(NC2CC(C)(C)OC2(C)C)c1. The molecular weight excluding hydrogens is 266 g/mol. The lowest BCUT2D eigenvalue weighted by molar-refractivity contribution is -0.0662.